The fourth-order valence-corrected chi connectivity index (χ4v) is 3.36. The monoisotopic (exact) mass is 262 g/mol. The van der Waals surface area contributed by atoms with Gasteiger partial charge >= 0.3 is 0 Å². The molecule has 0 aliphatic carbocycles. The lowest BCUT2D eigenvalue weighted by atomic mass is 9.70. The minimum absolute atomic E-state index is 0.00662. The summed E-state index contributed by atoms with van der Waals surface area (Å²) in [4.78, 5) is 0. The molecule has 19 heavy (non-hydrogen) atoms. The number of benzene rings is 1. The van der Waals surface area contributed by atoms with Gasteiger partial charge < -0.3 is 5.11 Å². The van der Waals surface area contributed by atoms with Crippen molar-refractivity contribution in [2.45, 2.75) is 72.6 Å². The minimum Gasteiger partial charge on any atom is -0.508 e. The summed E-state index contributed by atoms with van der Waals surface area (Å²) in [5, 5.41) is 10.3. The van der Waals surface area contributed by atoms with Crippen LogP contribution in [-0.2, 0) is 11.8 Å². The normalized spacial score (nSPS) is 12.7. The van der Waals surface area contributed by atoms with Crippen LogP contribution in [0.4, 0.5) is 0 Å². The third-order valence-electron chi connectivity index (χ3n) is 3.58. The van der Waals surface area contributed by atoms with Gasteiger partial charge in [0, 0.05) is 5.56 Å². The smallest absolute Gasteiger partial charge is 0.119 e. The summed E-state index contributed by atoms with van der Waals surface area (Å²) in [6.07, 6.45) is 4.50. The van der Waals surface area contributed by atoms with E-state index in [4.69, 9.17) is 0 Å². The van der Waals surface area contributed by atoms with Gasteiger partial charge in [0.2, 0.25) is 0 Å². The van der Waals surface area contributed by atoms with E-state index in [1.54, 1.807) is 0 Å². The zero-order chi connectivity index (χ0) is 14.7. The highest BCUT2D eigenvalue weighted by Gasteiger charge is 2.31. The van der Waals surface area contributed by atoms with Crippen molar-refractivity contribution in [3.05, 3.63) is 29.3 Å². The van der Waals surface area contributed by atoms with Crippen LogP contribution in [0.5, 0.6) is 5.75 Å². The predicted molar refractivity (Wildman–Crippen MR) is 83.8 cm³/mol. The van der Waals surface area contributed by atoms with E-state index in [-0.39, 0.29) is 10.8 Å². The number of phenolic OH excluding ortho intramolecular Hbond substituents is 1. The van der Waals surface area contributed by atoms with Crippen LogP contribution in [0.1, 0.15) is 71.9 Å². The van der Waals surface area contributed by atoms with Gasteiger partial charge in [0.25, 0.3) is 0 Å². The average Bonchev–Trinajstić information content (AvgIpc) is 2.22. The zero-order valence-corrected chi connectivity index (χ0v) is 13.5. The first kappa shape index (κ1) is 16.1. The Morgan fingerprint density at radius 1 is 1.05 bits per heavy atom. The van der Waals surface area contributed by atoms with Gasteiger partial charge in [-0.05, 0) is 41.7 Å². The van der Waals surface area contributed by atoms with Gasteiger partial charge in [0.1, 0.15) is 5.75 Å². The topological polar surface area (TPSA) is 20.2 Å². The Balaban J connectivity index is 3.16. The molecule has 0 saturated heterocycles. The van der Waals surface area contributed by atoms with Crippen LogP contribution in [0.15, 0.2) is 18.2 Å². The molecule has 0 atom stereocenters. The second-order valence-corrected chi connectivity index (χ2v) is 7.54. The lowest BCUT2D eigenvalue weighted by molar-refractivity contribution is 0.277. The third-order valence-corrected chi connectivity index (χ3v) is 3.58. The molecule has 0 amide bonds. The Hall–Kier alpha value is -0.980. The third kappa shape index (κ3) is 4.56. The first-order valence-electron chi connectivity index (χ1n) is 7.49. The highest BCUT2D eigenvalue weighted by molar-refractivity contribution is 5.44. The number of rotatable bonds is 5. The molecule has 0 unspecified atom stereocenters. The van der Waals surface area contributed by atoms with E-state index in [0.29, 0.717) is 5.75 Å². The van der Waals surface area contributed by atoms with E-state index >= 15 is 0 Å². The molecular formula is C18H30O. The second-order valence-electron chi connectivity index (χ2n) is 7.54. The molecule has 1 aromatic carbocycles. The maximum absolute atomic E-state index is 10.3. The maximum Gasteiger partial charge on any atom is 0.119 e. The van der Waals surface area contributed by atoms with Gasteiger partial charge in [0.15, 0.2) is 0 Å². The van der Waals surface area contributed by atoms with Gasteiger partial charge in [-0.15, -0.1) is 0 Å². The van der Waals surface area contributed by atoms with E-state index in [0.717, 1.165) is 18.4 Å². The average molecular weight is 262 g/mol. The number of aromatic hydroxyl groups is 1. The molecule has 0 heterocycles. The first-order valence-corrected chi connectivity index (χ1v) is 7.49. The van der Waals surface area contributed by atoms with Crippen LogP contribution in [0, 0.1) is 5.41 Å². The van der Waals surface area contributed by atoms with Crippen LogP contribution >= 0.6 is 0 Å². The molecular weight excluding hydrogens is 232 g/mol. The van der Waals surface area contributed by atoms with E-state index in [1.165, 1.54) is 18.4 Å². The fourth-order valence-electron chi connectivity index (χ4n) is 3.36. The lowest BCUT2D eigenvalue weighted by Gasteiger charge is -2.35. The summed E-state index contributed by atoms with van der Waals surface area (Å²) in [6, 6.07) is 5.97. The van der Waals surface area contributed by atoms with Crippen molar-refractivity contribution in [3.8, 4) is 5.75 Å². The van der Waals surface area contributed by atoms with Crippen LogP contribution < -0.4 is 0 Å². The second kappa shape index (κ2) is 5.98. The Kier molecular flexibility index (Phi) is 5.06. The Morgan fingerprint density at radius 3 is 2.21 bits per heavy atom. The molecule has 0 saturated carbocycles. The fraction of sp³-hybridized carbons (Fsp3) is 0.667. The van der Waals surface area contributed by atoms with E-state index in [9.17, 15) is 5.11 Å². The van der Waals surface area contributed by atoms with E-state index in [2.05, 4.69) is 47.6 Å². The molecule has 1 nitrogen and oxygen atoms in total. The van der Waals surface area contributed by atoms with Crippen molar-refractivity contribution >= 4 is 0 Å². The summed E-state index contributed by atoms with van der Waals surface area (Å²) in [7, 11) is 0. The zero-order valence-electron chi connectivity index (χ0n) is 13.5. The minimum atomic E-state index is 0.00662. The largest absolute Gasteiger partial charge is 0.508 e. The van der Waals surface area contributed by atoms with Crippen LogP contribution in [-0.4, -0.2) is 5.11 Å². The summed E-state index contributed by atoms with van der Waals surface area (Å²) >= 11 is 0. The molecule has 1 heteroatoms. The van der Waals surface area contributed by atoms with Gasteiger partial charge in [0.05, 0.1) is 0 Å². The van der Waals surface area contributed by atoms with Crippen LogP contribution in [0.25, 0.3) is 0 Å². The molecule has 1 rings (SSSR count). The van der Waals surface area contributed by atoms with E-state index in [1.807, 2.05) is 12.1 Å². The molecule has 0 radical (unpaired) electrons. The number of hydrogen-bond acceptors (Lipinski definition) is 1. The van der Waals surface area contributed by atoms with Crippen molar-refractivity contribution in [1.29, 1.82) is 0 Å². The van der Waals surface area contributed by atoms with Crippen molar-refractivity contribution in [1.82, 2.24) is 0 Å². The van der Waals surface area contributed by atoms with Crippen molar-refractivity contribution < 1.29 is 5.11 Å². The van der Waals surface area contributed by atoms with Crippen molar-refractivity contribution in [2.24, 2.45) is 5.41 Å². The first-order chi connectivity index (χ1) is 8.67. The van der Waals surface area contributed by atoms with Crippen molar-refractivity contribution in [2.75, 3.05) is 0 Å². The molecule has 1 aromatic rings. The highest BCUT2D eigenvalue weighted by atomic mass is 16.3. The van der Waals surface area contributed by atoms with Crippen LogP contribution in [0.3, 0.4) is 0 Å². The van der Waals surface area contributed by atoms with Gasteiger partial charge in [-0.1, -0.05) is 60.1 Å². The summed E-state index contributed by atoms with van der Waals surface area (Å²) in [5.74, 6) is 0.461. The Labute approximate surface area is 119 Å². The summed E-state index contributed by atoms with van der Waals surface area (Å²) < 4.78 is 0. The molecule has 1 N–H and O–H groups in total. The number of aryl methyl sites for hydroxylation is 1. The molecule has 0 fully saturated rings. The molecule has 0 aliphatic rings. The molecule has 0 bridgehead atoms. The quantitative estimate of drug-likeness (QED) is 0.748. The standard InChI is InChI=1S/C18H30O/c1-7-8-10-14-11-9-12-15(19)16(14)18(5,6)13-17(2,3)4/h9,11-12,19H,7-8,10,13H2,1-6H3. The van der Waals surface area contributed by atoms with Crippen molar-refractivity contribution in [3.63, 3.8) is 0 Å². The van der Waals surface area contributed by atoms with E-state index < -0.39 is 0 Å². The molecule has 0 spiro atoms. The Morgan fingerprint density at radius 2 is 1.68 bits per heavy atom. The Bertz CT molecular complexity index is 410. The maximum atomic E-state index is 10.3. The molecule has 0 aliphatic heterocycles. The predicted octanol–water partition coefficient (Wildman–Crippen LogP) is 5.45. The molecule has 0 aromatic heterocycles. The van der Waals surface area contributed by atoms with Gasteiger partial charge in [-0.3, -0.25) is 0 Å². The number of unbranched alkanes of at least 4 members (excludes halogenated alkanes) is 1. The number of hydrogen-bond donors (Lipinski definition) is 1. The molecule has 108 valence electrons. The van der Waals surface area contributed by atoms with Crippen LogP contribution in [0.2, 0.25) is 0 Å². The van der Waals surface area contributed by atoms with Gasteiger partial charge in [-0.2, -0.15) is 0 Å². The summed E-state index contributed by atoms with van der Waals surface area (Å²) in [6.45, 7) is 13.5. The van der Waals surface area contributed by atoms with Gasteiger partial charge in [-0.25, -0.2) is 0 Å². The summed E-state index contributed by atoms with van der Waals surface area (Å²) in [5.41, 5.74) is 2.73. The lowest BCUT2D eigenvalue weighted by Crippen LogP contribution is -2.26. The number of phenols is 1. The highest BCUT2D eigenvalue weighted by Crippen LogP contribution is 2.41. The SMILES string of the molecule is CCCCc1cccc(O)c1C(C)(C)CC(C)(C)C.